The number of nitrogens with zero attached hydrogens (tertiary/aromatic N) is 3. The van der Waals surface area contributed by atoms with Gasteiger partial charge in [0.05, 0.1) is 11.9 Å². The first-order valence-electron chi connectivity index (χ1n) is 4.73. The molecule has 0 aliphatic heterocycles. The Morgan fingerprint density at radius 1 is 1.19 bits per heavy atom. The normalized spacial score (nSPS) is 10.1. The first kappa shape index (κ1) is 10.2. The summed E-state index contributed by atoms with van der Waals surface area (Å²) in [5.74, 6) is 1.02. The van der Waals surface area contributed by atoms with Crippen molar-refractivity contribution >= 4 is 23.3 Å². The van der Waals surface area contributed by atoms with Crippen LogP contribution in [0, 0.1) is 6.92 Å². The zero-order valence-electron chi connectivity index (χ0n) is 8.81. The van der Waals surface area contributed by atoms with Crippen molar-refractivity contribution < 1.29 is 0 Å². The number of rotatable bonds is 2. The fraction of sp³-hybridized carbons (Fsp3) is 0.100. The number of hydrogen-bond acceptors (Lipinski definition) is 6. The minimum absolute atomic E-state index is 0.141. The summed E-state index contributed by atoms with van der Waals surface area (Å²) >= 11 is 0. The molecule has 0 aliphatic carbocycles. The molecule has 0 bridgehead atoms. The molecule has 6 nitrogen and oxygen atoms in total. The van der Waals surface area contributed by atoms with Crippen molar-refractivity contribution in [2.24, 2.45) is 0 Å². The Labute approximate surface area is 92.7 Å². The van der Waals surface area contributed by atoms with Crippen LogP contribution in [0.5, 0.6) is 0 Å². The largest absolute Gasteiger partial charge is 0.383 e. The molecule has 2 heterocycles. The SMILES string of the molecule is Cc1ccc(Nc2cc(N)nc(N)n2)cn1. The van der Waals surface area contributed by atoms with Crippen LogP contribution in [-0.2, 0) is 0 Å². The third kappa shape index (κ3) is 2.35. The van der Waals surface area contributed by atoms with Gasteiger partial charge in [0.1, 0.15) is 11.6 Å². The first-order chi connectivity index (χ1) is 7.63. The molecule has 0 radical (unpaired) electrons. The second-order valence-corrected chi connectivity index (χ2v) is 3.35. The molecule has 16 heavy (non-hydrogen) atoms. The van der Waals surface area contributed by atoms with E-state index in [1.807, 2.05) is 19.1 Å². The number of pyridine rings is 1. The molecular weight excluding hydrogens is 204 g/mol. The van der Waals surface area contributed by atoms with E-state index < -0.39 is 0 Å². The van der Waals surface area contributed by atoms with Crippen LogP contribution in [0.1, 0.15) is 5.69 Å². The van der Waals surface area contributed by atoms with Gasteiger partial charge in [-0.3, -0.25) is 4.98 Å². The number of aromatic nitrogens is 3. The molecular formula is C10H12N6. The van der Waals surface area contributed by atoms with E-state index in [-0.39, 0.29) is 5.95 Å². The second-order valence-electron chi connectivity index (χ2n) is 3.35. The summed E-state index contributed by atoms with van der Waals surface area (Å²) in [6.45, 7) is 1.92. The summed E-state index contributed by atoms with van der Waals surface area (Å²) < 4.78 is 0. The lowest BCUT2D eigenvalue weighted by molar-refractivity contribution is 1.17. The molecule has 0 atom stereocenters. The zero-order chi connectivity index (χ0) is 11.5. The van der Waals surface area contributed by atoms with Crippen molar-refractivity contribution in [2.75, 3.05) is 16.8 Å². The fourth-order valence-electron chi connectivity index (χ4n) is 1.24. The highest BCUT2D eigenvalue weighted by molar-refractivity contribution is 5.58. The third-order valence-corrected chi connectivity index (χ3v) is 1.95. The molecule has 0 aliphatic rings. The maximum atomic E-state index is 5.55. The quantitative estimate of drug-likeness (QED) is 0.694. The molecule has 5 N–H and O–H groups in total. The van der Waals surface area contributed by atoms with E-state index in [9.17, 15) is 0 Å². The summed E-state index contributed by atoms with van der Waals surface area (Å²) in [5, 5.41) is 3.04. The number of nitrogen functional groups attached to an aromatic ring is 2. The lowest BCUT2D eigenvalue weighted by atomic mass is 10.3. The molecule has 0 saturated heterocycles. The molecule has 2 aromatic heterocycles. The predicted molar refractivity (Wildman–Crippen MR) is 63.1 cm³/mol. The smallest absolute Gasteiger partial charge is 0.223 e. The van der Waals surface area contributed by atoms with Gasteiger partial charge in [0.25, 0.3) is 0 Å². The summed E-state index contributed by atoms with van der Waals surface area (Å²) in [7, 11) is 0. The summed E-state index contributed by atoms with van der Waals surface area (Å²) in [4.78, 5) is 11.9. The van der Waals surface area contributed by atoms with E-state index in [4.69, 9.17) is 11.5 Å². The molecule has 0 spiro atoms. The van der Waals surface area contributed by atoms with E-state index in [1.54, 1.807) is 12.3 Å². The topological polar surface area (TPSA) is 103 Å². The van der Waals surface area contributed by atoms with Crippen molar-refractivity contribution in [3.63, 3.8) is 0 Å². The highest BCUT2D eigenvalue weighted by Gasteiger charge is 2.00. The molecule has 0 aromatic carbocycles. The van der Waals surface area contributed by atoms with Crippen LogP contribution >= 0.6 is 0 Å². The highest BCUT2D eigenvalue weighted by atomic mass is 15.1. The average molecular weight is 216 g/mol. The van der Waals surface area contributed by atoms with Crippen LogP contribution in [0.25, 0.3) is 0 Å². The van der Waals surface area contributed by atoms with E-state index in [2.05, 4.69) is 20.3 Å². The van der Waals surface area contributed by atoms with Gasteiger partial charge < -0.3 is 16.8 Å². The molecule has 0 amide bonds. The van der Waals surface area contributed by atoms with Crippen molar-refractivity contribution in [1.82, 2.24) is 15.0 Å². The highest BCUT2D eigenvalue weighted by Crippen LogP contribution is 2.15. The van der Waals surface area contributed by atoms with Crippen molar-refractivity contribution in [1.29, 1.82) is 0 Å². The van der Waals surface area contributed by atoms with Crippen molar-refractivity contribution in [2.45, 2.75) is 6.92 Å². The number of anilines is 4. The standard InChI is InChI=1S/C10H12N6/c1-6-2-3-7(5-13-6)14-9-4-8(11)15-10(12)16-9/h2-5H,1H3,(H5,11,12,14,15,16). The van der Waals surface area contributed by atoms with Crippen LogP contribution < -0.4 is 16.8 Å². The molecule has 0 fully saturated rings. The molecule has 0 unspecified atom stereocenters. The third-order valence-electron chi connectivity index (χ3n) is 1.95. The van der Waals surface area contributed by atoms with Crippen molar-refractivity contribution in [3.05, 3.63) is 30.1 Å². The van der Waals surface area contributed by atoms with E-state index in [0.29, 0.717) is 11.6 Å². The van der Waals surface area contributed by atoms with E-state index >= 15 is 0 Å². The molecule has 6 heteroatoms. The average Bonchev–Trinajstić information content (AvgIpc) is 2.20. The Bertz CT molecular complexity index is 473. The Balaban J connectivity index is 2.23. The first-order valence-corrected chi connectivity index (χ1v) is 4.73. The van der Waals surface area contributed by atoms with E-state index in [0.717, 1.165) is 11.4 Å². The van der Waals surface area contributed by atoms with Gasteiger partial charge in [-0.05, 0) is 19.1 Å². The van der Waals surface area contributed by atoms with Gasteiger partial charge in [-0.1, -0.05) is 0 Å². The molecule has 82 valence electrons. The Kier molecular flexibility index (Phi) is 2.55. The summed E-state index contributed by atoms with van der Waals surface area (Å²) in [6.07, 6.45) is 1.71. The van der Waals surface area contributed by atoms with Crippen LogP contribution in [-0.4, -0.2) is 15.0 Å². The Morgan fingerprint density at radius 3 is 2.62 bits per heavy atom. The Morgan fingerprint density at radius 2 is 2.00 bits per heavy atom. The van der Waals surface area contributed by atoms with Crippen LogP contribution in [0.15, 0.2) is 24.4 Å². The van der Waals surface area contributed by atoms with Gasteiger partial charge in [0.2, 0.25) is 5.95 Å². The monoisotopic (exact) mass is 216 g/mol. The summed E-state index contributed by atoms with van der Waals surface area (Å²) in [5.41, 5.74) is 12.8. The lowest BCUT2D eigenvalue weighted by Gasteiger charge is -2.06. The van der Waals surface area contributed by atoms with Gasteiger partial charge in [-0.25, -0.2) is 0 Å². The minimum atomic E-state index is 0.141. The summed E-state index contributed by atoms with van der Waals surface area (Å²) in [6, 6.07) is 5.41. The maximum Gasteiger partial charge on any atom is 0.223 e. The van der Waals surface area contributed by atoms with Gasteiger partial charge in [-0.2, -0.15) is 9.97 Å². The minimum Gasteiger partial charge on any atom is -0.383 e. The van der Waals surface area contributed by atoms with Crippen molar-refractivity contribution in [3.8, 4) is 0 Å². The number of nitrogens with two attached hydrogens (primary N) is 2. The van der Waals surface area contributed by atoms with Gasteiger partial charge >= 0.3 is 0 Å². The molecule has 2 aromatic rings. The number of nitrogens with one attached hydrogen (secondary N) is 1. The number of aryl methyl sites for hydroxylation is 1. The van der Waals surface area contributed by atoms with Crippen LogP contribution in [0.4, 0.5) is 23.3 Å². The van der Waals surface area contributed by atoms with Gasteiger partial charge in [0.15, 0.2) is 0 Å². The van der Waals surface area contributed by atoms with E-state index in [1.165, 1.54) is 0 Å². The van der Waals surface area contributed by atoms with Gasteiger partial charge in [0, 0.05) is 11.8 Å². The zero-order valence-corrected chi connectivity index (χ0v) is 8.81. The lowest BCUT2D eigenvalue weighted by Crippen LogP contribution is -2.03. The van der Waals surface area contributed by atoms with Gasteiger partial charge in [-0.15, -0.1) is 0 Å². The van der Waals surface area contributed by atoms with Crippen LogP contribution in [0.3, 0.4) is 0 Å². The van der Waals surface area contributed by atoms with Crippen LogP contribution in [0.2, 0.25) is 0 Å². The number of hydrogen-bond donors (Lipinski definition) is 3. The molecule has 0 saturated carbocycles. The predicted octanol–water partition coefficient (Wildman–Crippen LogP) is 1.09. The second kappa shape index (κ2) is 4.01. The maximum absolute atomic E-state index is 5.55. The Hall–Kier alpha value is -2.37. The fourth-order valence-corrected chi connectivity index (χ4v) is 1.24. The molecule has 2 rings (SSSR count).